The monoisotopic (exact) mass is 1090 g/mol. The summed E-state index contributed by atoms with van der Waals surface area (Å²) < 4.78 is 44.7. The zero-order valence-electron chi connectivity index (χ0n) is 44.0. The van der Waals surface area contributed by atoms with E-state index in [1.165, 1.54) is 0 Å². The van der Waals surface area contributed by atoms with Crippen molar-refractivity contribution in [3.05, 3.63) is 251 Å². The Balaban J connectivity index is 0.808. The molecule has 0 saturated carbocycles. The van der Waals surface area contributed by atoms with Crippen molar-refractivity contribution in [1.82, 2.24) is 18.8 Å². The van der Waals surface area contributed by atoms with E-state index in [-0.39, 0.29) is 11.1 Å². The number of aromatic nitrogens is 4. The summed E-state index contributed by atoms with van der Waals surface area (Å²) in [6, 6.07) is 73.4. The van der Waals surface area contributed by atoms with E-state index in [2.05, 4.69) is 0 Å². The molecule has 6 aromatic heterocycles. The minimum atomic E-state index is -0.223. The average Bonchev–Trinajstić information content (AvgIpc) is 1.18. The summed E-state index contributed by atoms with van der Waals surface area (Å²) >= 11 is 0. The van der Waals surface area contributed by atoms with Gasteiger partial charge < -0.3 is 27.8 Å². The number of ether oxygens (including phenoxy) is 4. The highest BCUT2D eigenvalue weighted by atomic mass is 16.5. The molecule has 0 unspecified atom stereocenters. The summed E-state index contributed by atoms with van der Waals surface area (Å²) in [6.45, 7) is 0. The van der Waals surface area contributed by atoms with Gasteiger partial charge in [0.05, 0.1) is 32.8 Å². The van der Waals surface area contributed by atoms with Crippen LogP contribution >= 0.6 is 0 Å². The molecular weight excluding hydrogens is 1050 g/mol. The molecule has 84 heavy (non-hydrogen) atoms. The van der Waals surface area contributed by atoms with Crippen LogP contribution < -0.4 is 30.1 Å². The number of nitrogens with zero attached hydrogens (tertiary/aromatic N) is 4. The van der Waals surface area contributed by atoms with E-state index in [0.29, 0.717) is 145 Å². The zero-order valence-corrected chi connectivity index (χ0v) is 44.0. The Kier molecular flexibility index (Phi) is 9.52. The van der Waals surface area contributed by atoms with Gasteiger partial charge in [-0.2, -0.15) is 0 Å². The van der Waals surface area contributed by atoms with Crippen LogP contribution in [0.25, 0.3) is 131 Å². The van der Waals surface area contributed by atoms with Crippen molar-refractivity contribution in [2.75, 3.05) is 0 Å². The van der Waals surface area contributed by atoms with Gasteiger partial charge in [-0.1, -0.05) is 121 Å². The van der Waals surface area contributed by atoms with Crippen LogP contribution in [0.5, 0.6) is 46.0 Å². The zero-order chi connectivity index (χ0) is 55.3. The van der Waals surface area contributed by atoms with E-state index in [1.807, 2.05) is 224 Å². The number of rotatable bonds is 9. The van der Waals surface area contributed by atoms with Crippen LogP contribution in [0.1, 0.15) is 0 Å². The standard InChI is InChI=1S/C72H38N4O8/c77-71-49-37-58(79-41-19-3-1-4-20-41)64-46-26-8-14-32-56(46)83-67-59(36-48(62(49)66(64)67)70-74-52-28-10-12-30-54(52)76(70)71)82-44-24-16-18-40(34-44)39-17-15-23-43(33-39)81-57-35-47-61-50(72(78)75-53-29-11-9-27-51(53)73-69(47)75)38-60(80-42-21-5-2-6-22-42)68-65(61)63(57)45-25-7-13-31-55(45)84-68/h1-38H. The number of pyridine rings is 2. The lowest BCUT2D eigenvalue weighted by Gasteiger charge is -2.19. The average molecular weight is 1090 g/mol. The van der Waals surface area contributed by atoms with Gasteiger partial charge in [-0.05, 0) is 120 Å². The fourth-order valence-electron chi connectivity index (χ4n) is 12.6. The van der Waals surface area contributed by atoms with E-state index >= 15 is 0 Å². The molecule has 0 amide bonds. The summed E-state index contributed by atoms with van der Waals surface area (Å²) in [5.74, 6) is 4.15. The Bertz CT molecular complexity index is 5930. The van der Waals surface area contributed by atoms with E-state index < -0.39 is 0 Å². The number of fused-ring (bicyclic) bond motifs is 12. The summed E-state index contributed by atoms with van der Waals surface area (Å²) in [6.07, 6.45) is 0. The lowest BCUT2D eigenvalue weighted by Crippen LogP contribution is -2.14. The first-order valence-corrected chi connectivity index (χ1v) is 27.4. The molecule has 18 aromatic rings. The SMILES string of the molecule is O=c1c2cc(Oc3ccccc3)c3c4ccccc4oc4c(Oc5cccc(-c6cccc(Oc7cc8c9c(cc(Oc%10ccccc%10)c%10oc%11ccccc%11c7c%109)c(=O)n7c9ccccc9nc87)c6)c5)cc(c2c43)c2nc3ccccc3n12. The van der Waals surface area contributed by atoms with Gasteiger partial charge in [-0.3, -0.25) is 18.4 Å². The third kappa shape index (κ3) is 6.70. The second kappa shape index (κ2) is 17.4. The molecule has 0 N–H and O–H groups in total. The molecule has 0 atom stereocenters. The fourth-order valence-corrected chi connectivity index (χ4v) is 12.6. The second-order valence-electron chi connectivity index (χ2n) is 21.0. The summed E-state index contributed by atoms with van der Waals surface area (Å²) in [7, 11) is 0. The molecule has 394 valence electrons. The van der Waals surface area contributed by atoms with Gasteiger partial charge in [0, 0.05) is 53.9 Å². The number of benzene rings is 12. The minimum Gasteiger partial charge on any atom is -0.457 e. The first-order valence-electron chi connectivity index (χ1n) is 27.4. The van der Waals surface area contributed by atoms with Crippen LogP contribution in [0, 0.1) is 0 Å². The Labute approximate surface area is 473 Å². The van der Waals surface area contributed by atoms with Crippen molar-refractivity contribution in [2.45, 2.75) is 0 Å². The van der Waals surface area contributed by atoms with E-state index in [9.17, 15) is 9.59 Å². The van der Waals surface area contributed by atoms with Gasteiger partial charge in [0.1, 0.15) is 57.0 Å². The molecule has 0 spiro atoms. The highest BCUT2D eigenvalue weighted by Crippen LogP contribution is 2.51. The molecule has 12 aromatic carbocycles. The predicted octanol–water partition coefficient (Wildman–Crippen LogP) is 18.1. The molecule has 0 bridgehead atoms. The van der Waals surface area contributed by atoms with Crippen LogP contribution in [-0.4, -0.2) is 18.8 Å². The lowest BCUT2D eigenvalue weighted by molar-refractivity contribution is 0.475. The van der Waals surface area contributed by atoms with Gasteiger partial charge in [0.15, 0.2) is 22.7 Å². The molecule has 12 heteroatoms. The van der Waals surface area contributed by atoms with Crippen LogP contribution in [0.2, 0.25) is 0 Å². The third-order valence-corrected chi connectivity index (χ3v) is 16.2. The second-order valence-corrected chi connectivity index (χ2v) is 21.0. The maximum Gasteiger partial charge on any atom is 0.264 e. The number of hydrogen-bond acceptors (Lipinski definition) is 10. The molecule has 18 rings (SSSR count). The van der Waals surface area contributed by atoms with Gasteiger partial charge in [0.2, 0.25) is 0 Å². The van der Waals surface area contributed by atoms with Crippen molar-refractivity contribution >= 4 is 120 Å². The first-order chi connectivity index (χ1) is 41.5. The van der Waals surface area contributed by atoms with Crippen molar-refractivity contribution in [2.24, 2.45) is 0 Å². The van der Waals surface area contributed by atoms with Crippen LogP contribution in [0.4, 0.5) is 0 Å². The molecule has 6 heterocycles. The largest absolute Gasteiger partial charge is 0.457 e. The van der Waals surface area contributed by atoms with Crippen molar-refractivity contribution in [1.29, 1.82) is 0 Å². The number of hydrogen-bond donors (Lipinski definition) is 0. The summed E-state index contributed by atoms with van der Waals surface area (Å²) in [5.41, 5.74) is 7.16. The molecule has 0 fully saturated rings. The van der Waals surface area contributed by atoms with E-state index in [1.54, 1.807) is 14.9 Å². The first kappa shape index (κ1) is 46.0. The van der Waals surface area contributed by atoms with Gasteiger partial charge in [0.25, 0.3) is 11.1 Å². The van der Waals surface area contributed by atoms with Crippen LogP contribution in [0.15, 0.2) is 249 Å². The van der Waals surface area contributed by atoms with Gasteiger partial charge in [-0.25, -0.2) is 9.97 Å². The smallest absolute Gasteiger partial charge is 0.264 e. The lowest BCUT2D eigenvalue weighted by atomic mass is 9.95. The Hall–Kier alpha value is -11.8. The van der Waals surface area contributed by atoms with Crippen molar-refractivity contribution < 1.29 is 27.8 Å². The quantitative estimate of drug-likeness (QED) is 0.102. The Morgan fingerprint density at radius 3 is 1.20 bits per heavy atom. The van der Waals surface area contributed by atoms with Crippen LogP contribution in [0.3, 0.4) is 0 Å². The van der Waals surface area contributed by atoms with Crippen LogP contribution in [-0.2, 0) is 0 Å². The highest BCUT2D eigenvalue weighted by molar-refractivity contribution is 6.33. The Morgan fingerprint density at radius 1 is 0.310 bits per heavy atom. The maximum absolute atomic E-state index is 14.9. The molecule has 12 nitrogen and oxygen atoms in total. The maximum atomic E-state index is 14.9. The summed E-state index contributed by atoms with van der Waals surface area (Å²) in [5, 5.41) is 8.23. The molecule has 0 radical (unpaired) electrons. The van der Waals surface area contributed by atoms with Gasteiger partial charge in [-0.15, -0.1) is 0 Å². The molecule has 0 saturated heterocycles. The normalized spacial score (nSPS) is 12.1. The van der Waals surface area contributed by atoms with Crippen molar-refractivity contribution in [3.8, 4) is 57.1 Å². The number of imidazole rings is 2. The van der Waals surface area contributed by atoms with E-state index in [4.69, 9.17) is 37.7 Å². The predicted molar refractivity (Wildman–Crippen MR) is 330 cm³/mol. The van der Waals surface area contributed by atoms with Gasteiger partial charge >= 0.3 is 0 Å². The highest BCUT2D eigenvalue weighted by Gasteiger charge is 2.29. The molecular formula is C72H38N4O8. The number of para-hydroxylation sites is 8. The topological polar surface area (TPSA) is 132 Å². The summed E-state index contributed by atoms with van der Waals surface area (Å²) in [4.78, 5) is 40.0. The minimum absolute atomic E-state index is 0.222. The van der Waals surface area contributed by atoms with Crippen molar-refractivity contribution in [3.63, 3.8) is 0 Å². The Morgan fingerprint density at radius 2 is 0.690 bits per heavy atom. The molecule has 0 aliphatic heterocycles. The fraction of sp³-hybridized carbons (Fsp3) is 0. The van der Waals surface area contributed by atoms with E-state index in [0.717, 1.165) is 32.7 Å². The molecule has 0 aliphatic carbocycles. The third-order valence-electron chi connectivity index (χ3n) is 16.2. The molecule has 0 aliphatic rings.